The zero-order chi connectivity index (χ0) is 16.2. The number of hydrogen-bond acceptors (Lipinski definition) is 4. The number of nitro benzene ring substituents is 1. The molecule has 0 saturated heterocycles. The van der Waals surface area contributed by atoms with Crippen LogP contribution in [0.1, 0.15) is 16.7 Å². The van der Waals surface area contributed by atoms with Gasteiger partial charge in [0, 0.05) is 35.6 Å². The number of anilines is 1. The summed E-state index contributed by atoms with van der Waals surface area (Å²) in [4.78, 5) is 22.5. The summed E-state index contributed by atoms with van der Waals surface area (Å²) in [5.41, 5.74) is 2.44. The molecule has 1 atom stereocenters. The maximum absolute atomic E-state index is 11.9. The maximum atomic E-state index is 11.9. The van der Waals surface area contributed by atoms with Crippen molar-refractivity contribution >= 4 is 29.1 Å². The van der Waals surface area contributed by atoms with Crippen molar-refractivity contribution < 1.29 is 14.5 Å². The molecule has 1 spiro atoms. The van der Waals surface area contributed by atoms with Crippen LogP contribution in [0.25, 0.3) is 0 Å². The minimum Gasteiger partial charge on any atom is -0.437 e. The average molecular weight is 331 g/mol. The van der Waals surface area contributed by atoms with Gasteiger partial charge in [0.05, 0.1) is 10.6 Å². The van der Waals surface area contributed by atoms with E-state index in [9.17, 15) is 14.9 Å². The Labute approximate surface area is 136 Å². The van der Waals surface area contributed by atoms with Crippen LogP contribution in [0.5, 0.6) is 0 Å². The van der Waals surface area contributed by atoms with Crippen molar-refractivity contribution in [3.63, 3.8) is 0 Å². The number of nitrogens with one attached hydrogen (secondary N) is 1. The summed E-state index contributed by atoms with van der Waals surface area (Å²) < 4.78 is 5.62. The highest BCUT2D eigenvalue weighted by Gasteiger charge is 2.47. The molecule has 2 aliphatic rings. The lowest BCUT2D eigenvalue weighted by atomic mass is 9.88. The summed E-state index contributed by atoms with van der Waals surface area (Å²) in [5.74, 6) is 0. The Bertz CT molecular complexity index is 867. The van der Waals surface area contributed by atoms with Crippen LogP contribution in [0.15, 0.2) is 36.4 Å². The van der Waals surface area contributed by atoms with E-state index in [1.54, 1.807) is 24.3 Å². The van der Waals surface area contributed by atoms with Gasteiger partial charge in [-0.15, -0.1) is 0 Å². The third-order valence-corrected chi connectivity index (χ3v) is 4.59. The monoisotopic (exact) mass is 330 g/mol. The second kappa shape index (κ2) is 4.70. The number of benzene rings is 2. The molecular formula is C16H11ClN2O4. The van der Waals surface area contributed by atoms with Gasteiger partial charge in [-0.05, 0) is 23.3 Å². The molecule has 1 amide bonds. The average Bonchev–Trinajstić information content (AvgIpc) is 2.83. The van der Waals surface area contributed by atoms with Crippen LogP contribution in [0.4, 0.5) is 16.2 Å². The molecule has 2 aromatic rings. The molecule has 6 nitrogen and oxygen atoms in total. The van der Waals surface area contributed by atoms with Gasteiger partial charge in [-0.25, -0.2) is 4.79 Å². The molecule has 1 heterocycles. The van der Waals surface area contributed by atoms with Crippen molar-refractivity contribution in [2.75, 3.05) is 5.32 Å². The Hall–Kier alpha value is -2.60. The van der Waals surface area contributed by atoms with Crippen LogP contribution in [0, 0.1) is 10.1 Å². The lowest BCUT2D eigenvalue weighted by molar-refractivity contribution is -0.384. The van der Waals surface area contributed by atoms with Crippen LogP contribution in [-0.2, 0) is 23.2 Å². The molecule has 4 rings (SSSR count). The van der Waals surface area contributed by atoms with E-state index >= 15 is 0 Å². The molecule has 0 saturated carbocycles. The molecule has 1 N–H and O–H groups in total. The van der Waals surface area contributed by atoms with Crippen LogP contribution in [0.3, 0.4) is 0 Å². The number of rotatable bonds is 1. The lowest BCUT2D eigenvalue weighted by Crippen LogP contribution is -2.40. The van der Waals surface area contributed by atoms with Crippen molar-refractivity contribution in [3.05, 3.63) is 68.2 Å². The summed E-state index contributed by atoms with van der Waals surface area (Å²) in [6.07, 6.45) is 0.358. The van der Waals surface area contributed by atoms with Crippen LogP contribution in [-0.4, -0.2) is 11.0 Å². The number of ether oxygens (including phenoxy) is 1. The fraction of sp³-hybridized carbons (Fsp3) is 0.188. The fourth-order valence-corrected chi connectivity index (χ4v) is 3.56. The number of non-ortho nitro benzene ring substituents is 1. The van der Waals surface area contributed by atoms with Gasteiger partial charge in [0.15, 0.2) is 0 Å². The van der Waals surface area contributed by atoms with Crippen molar-refractivity contribution in [1.29, 1.82) is 0 Å². The molecule has 1 unspecified atom stereocenters. The number of hydrogen-bond donors (Lipinski definition) is 1. The van der Waals surface area contributed by atoms with Gasteiger partial charge in [-0.3, -0.25) is 15.4 Å². The number of nitrogens with zero attached hydrogens (tertiary/aromatic N) is 1. The molecule has 2 aromatic carbocycles. The second-order valence-corrected chi connectivity index (χ2v) is 6.20. The van der Waals surface area contributed by atoms with Gasteiger partial charge in [0.1, 0.15) is 5.60 Å². The normalized spacial score (nSPS) is 21.3. The highest BCUT2D eigenvalue weighted by Crippen LogP contribution is 2.47. The summed E-state index contributed by atoms with van der Waals surface area (Å²) in [5, 5.41) is 14.1. The van der Waals surface area contributed by atoms with Crippen LogP contribution < -0.4 is 5.32 Å². The van der Waals surface area contributed by atoms with Gasteiger partial charge in [-0.1, -0.05) is 23.7 Å². The van der Waals surface area contributed by atoms with Crippen molar-refractivity contribution in [2.24, 2.45) is 0 Å². The molecule has 1 aliphatic heterocycles. The predicted molar refractivity (Wildman–Crippen MR) is 83.7 cm³/mol. The van der Waals surface area contributed by atoms with Crippen molar-refractivity contribution in [1.82, 2.24) is 0 Å². The standard InChI is InChI=1S/C16H11ClN2O4/c17-11-2-4-13-14(6-11)18-15(20)23-16(13)7-9-1-3-12(19(21)22)5-10(9)8-16/h1-6H,7-8H2,(H,18,20). The zero-order valence-corrected chi connectivity index (χ0v) is 12.6. The summed E-state index contributed by atoms with van der Waals surface area (Å²) in [7, 11) is 0. The smallest absolute Gasteiger partial charge is 0.412 e. The number of amides is 1. The van der Waals surface area contributed by atoms with E-state index in [4.69, 9.17) is 16.3 Å². The minimum atomic E-state index is -0.834. The van der Waals surface area contributed by atoms with Gasteiger partial charge in [0.25, 0.3) is 5.69 Å². The quantitative estimate of drug-likeness (QED) is 0.637. The first kappa shape index (κ1) is 14.0. The van der Waals surface area contributed by atoms with E-state index in [1.165, 1.54) is 6.07 Å². The van der Waals surface area contributed by atoms with Crippen LogP contribution in [0.2, 0.25) is 5.02 Å². The Morgan fingerprint density at radius 1 is 1.17 bits per heavy atom. The number of carbonyl (C=O) groups excluding carboxylic acids is 1. The molecule has 23 heavy (non-hydrogen) atoms. The number of halogens is 1. The van der Waals surface area contributed by atoms with E-state index in [0.717, 1.165) is 16.7 Å². The number of fused-ring (bicyclic) bond motifs is 3. The third-order valence-electron chi connectivity index (χ3n) is 4.35. The second-order valence-electron chi connectivity index (χ2n) is 5.76. The molecule has 116 valence electrons. The Morgan fingerprint density at radius 3 is 2.74 bits per heavy atom. The number of carbonyl (C=O) groups is 1. The number of nitro groups is 1. The van der Waals surface area contributed by atoms with E-state index < -0.39 is 16.6 Å². The molecule has 0 aromatic heterocycles. The summed E-state index contributed by atoms with van der Waals surface area (Å²) in [6, 6.07) is 10.0. The Morgan fingerprint density at radius 2 is 1.96 bits per heavy atom. The SMILES string of the molecule is O=C1Nc2cc(Cl)ccc2C2(Cc3ccc([N+](=O)[O-])cc3C2)O1. The van der Waals surface area contributed by atoms with Gasteiger partial charge in [-0.2, -0.15) is 0 Å². The van der Waals surface area contributed by atoms with Crippen LogP contribution >= 0.6 is 11.6 Å². The molecule has 0 fully saturated rings. The fourth-order valence-electron chi connectivity index (χ4n) is 3.39. The van der Waals surface area contributed by atoms with E-state index in [1.807, 2.05) is 6.07 Å². The van der Waals surface area contributed by atoms with E-state index in [0.29, 0.717) is 23.6 Å². The summed E-state index contributed by atoms with van der Waals surface area (Å²) in [6.45, 7) is 0. The first-order valence-corrected chi connectivity index (χ1v) is 7.41. The topological polar surface area (TPSA) is 81.5 Å². The van der Waals surface area contributed by atoms with Gasteiger partial charge in [0.2, 0.25) is 0 Å². The molecule has 0 radical (unpaired) electrons. The third kappa shape index (κ3) is 2.14. The molecule has 7 heteroatoms. The molecule has 1 aliphatic carbocycles. The maximum Gasteiger partial charge on any atom is 0.412 e. The minimum absolute atomic E-state index is 0.0393. The van der Waals surface area contributed by atoms with Crippen molar-refractivity contribution in [2.45, 2.75) is 18.4 Å². The van der Waals surface area contributed by atoms with E-state index in [2.05, 4.69) is 5.32 Å². The van der Waals surface area contributed by atoms with E-state index in [-0.39, 0.29) is 5.69 Å². The largest absolute Gasteiger partial charge is 0.437 e. The highest BCUT2D eigenvalue weighted by molar-refractivity contribution is 6.31. The lowest BCUT2D eigenvalue weighted by Gasteiger charge is -2.35. The van der Waals surface area contributed by atoms with Crippen molar-refractivity contribution in [3.8, 4) is 0 Å². The Kier molecular flexibility index (Phi) is 2.86. The first-order chi connectivity index (χ1) is 11.0. The Balaban J connectivity index is 1.82. The zero-order valence-electron chi connectivity index (χ0n) is 11.8. The summed E-state index contributed by atoms with van der Waals surface area (Å²) >= 11 is 6.00. The predicted octanol–water partition coefficient (Wildman–Crippen LogP) is 3.80. The van der Waals surface area contributed by atoms with Gasteiger partial charge >= 0.3 is 6.09 Å². The van der Waals surface area contributed by atoms with Gasteiger partial charge < -0.3 is 4.74 Å². The molecule has 0 bridgehead atoms. The first-order valence-electron chi connectivity index (χ1n) is 7.03. The molecular weight excluding hydrogens is 320 g/mol. The highest BCUT2D eigenvalue weighted by atomic mass is 35.5.